The zero-order valence-electron chi connectivity index (χ0n) is 26.3. The van der Waals surface area contributed by atoms with E-state index in [0.717, 1.165) is 34.9 Å². The number of ketones is 1. The standard InChI is InChI=1S/C31H42N8O6S/c1-4-25(44-17-24(41)20(3)45-18-40)30(43)39-13-11-38(12-14-39)28-16-26(33-27-15-19(2)36-37-27)34-31(35-28)46-23-9-7-22(8-10-23)32-29(42)21-5-6-21/h7-10,15-16,20-21,25,27,36-37,40H,4-6,11-14,17-18H2,1-3H3,(H,32,42)(H,33,34,35)/t20?,25-,27?/m1/s1. The summed E-state index contributed by atoms with van der Waals surface area (Å²) in [5, 5.41) is 15.8. The number of hydrogen-bond donors (Lipinski definition) is 5. The van der Waals surface area contributed by atoms with Crippen molar-refractivity contribution in [2.45, 2.75) is 68.5 Å². The Kier molecular flexibility index (Phi) is 11.5. The van der Waals surface area contributed by atoms with Gasteiger partial charge in [0.1, 0.15) is 43.4 Å². The SMILES string of the molecule is CC[C@@H](OCC(=O)C(C)OCO)C(=O)N1CCN(c2cc(NC3C=C(C)NN3)nc(Sc3ccc(NC(=O)C4CC4)cc3)n2)CC1. The van der Waals surface area contributed by atoms with Crippen molar-refractivity contribution in [1.29, 1.82) is 0 Å². The lowest BCUT2D eigenvalue weighted by molar-refractivity contribution is -0.151. The molecule has 0 spiro atoms. The van der Waals surface area contributed by atoms with Crippen LogP contribution in [0.4, 0.5) is 17.3 Å². The number of aliphatic hydroxyl groups excluding tert-OH is 1. The van der Waals surface area contributed by atoms with E-state index in [-0.39, 0.29) is 36.3 Å². The number of ether oxygens (including phenoxy) is 2. The van der Waals surface area contributed by atoms with Crippen LogP contribution in [-0.4, -0.2) is 95.5 Å². The molecule has 1 saturated heterocycles. The van der Waals surface area contributed by atoms with Crippen LogP contribution in [0.15, 0.2) is 52.2 Å². The monoisotopic (exact) mass is 654 g/mol. The Labute approximate surface area is 272 Å². The second-order valence-corrected chi connectivity index (χ2v) is 12.5. The second kappa shape index (κ2) is 15.7. The molecule has 3 atom stereocenters. The molecule has 3 aliphatic rings. The molecule has 1 aliphatic carbocycles. The topological polar surface area (TPSA) is 170 Å². The van der Waals surface area contributed by atoms with Gasteiger partial charge in [0.05, 0.1) is 0 Å². The molecule has 1 aromatic heterocycles. The number of anilines is 3. The molecular weight excluding hydrogens is 612 g/mol. The molecule has 248 valence electrons. The molecule has 2 fully saturated rings. The minimum absolute atomic E-state index is 0.0695. The Balaban J connectivity index is 1.23. The summed E-state index contributed by atoms with van der Waals surface area (Å²) in [5.41, 5.74) is 8.01. The second-order valence-electron chi connectivity index (χ2n) is 11.4. The number of aromatic nitrogens is 2. The highest BCUT2D eigenvalue weighted by Gasteiger charge is 2.30. The van der Waals surface area contributed by atoms with Crippen LogP contribution in [0.25, 0.3) is 0 Å². The maximum Gasteiger partial charge on any atom is 0.251 e. The number of hydrazine groups is 1. The minimum atomic E-state index is -0.809. The maximum atomic E-state index is 13.3. The molecule has 46 heavy (non-hydrogen) atoms. The summed E-state index contributed by atoms with van der Waals surface area (Å²) >= 11 is 1.43. The zero-order valence-corrected chi connectivity index (χ0v) is 27.1. The lowest BCUT2D eigenvalue weighted by Crippen LogP contribution is -2.52. The van der Waals surface area contributed by atoms with Gasteiger partial charge in [0.25, 0.3) is 5.91 Å². The van der Waals surface area contributed by atoms with Gasteiger partial charge in [0, 0.05) is 54.4 Å². The van der Waals surface area contributed by atoms with E-state index in [2.05, 4.69) is 26.4 Å². The minimum Gasteiger partial charge on any atom is -0.371 e. The summed E-state index contributed by atoms with van der Waals surface area (Å²) in [4.78, 5) is 52.0. The van der Waals surface area contributed by atoms with E-state index in [4.69, 9.17) is 24.5 Å². The van der Waals surface area contributed by atoms with Crippen molar-refractivity contribution >= 4 is 46.7 Å². The first kappa shape index (κ1) is 33.6. The van der Waals surface area contributed by atoms with Crippen LogP contribution in [0, 0.1) is 5.92 Å². The molecule has 15 heteroatoms. The van der Waals surface area contributed by atoms with E-state index in [1.165, 1.54) is 18.7 Å². The number of nitrogens with zero attached hydrogens (tertiary/aromatic N) is 4. The third kappa shape index (κ3) is 9.16. The normalized spacial score (nSPS) is 19.2. The van der Waals surface area contributed by atoms with Crippen LogP contribution < -0.4 is 26.4 Å². The molecule has 2 unspecified atom stereocenters. The summed E-state index contributed by atoms with van der Waals surface area (Å²) < 4.78 is 10.6. The fraction of sp³-hybridized carbons (Fsp3) is 0.516. The number of rotatable bonds is 15. The summed E-state index contributed by atoms with van der Waals surface area (Å²) in [6.45, 7) is 6.57. The maximum absolute atomic E-state index is 13.3. The highest BCUT2D eigenvalue weighted by Crippen LogP contribution is 2.32. The van der Waals surface area contributed by atoms with Crippen molar-refractivity contribution in [3.63, 3.8) is 0 Å². The average Bonchev–Trinajstić information content (AvgIpc) is 3.83. The van der Waals surface area contributed by atoms with Crippen LogP contribution in [-0.2, 0) is 23.9 Å². The van der Waals surface area contributed by atoms with Crippen molar-refractivity contribution in [2.24, 2.45) is 5.92 Å². The lowest BCUT2D eigenvalue weighted by atomic mass is 10.2. The summed E-state index contributed by atoms with van der Waals surface area (Å²) in [5.74, 6) is 1.09. The number of carbonyl (C=O) groups is 3. The van der Waals surface area contributed by atoms with Gasteiger partial charge in [0.2, 0.25) is 5.91 Å². The summed E-state index contributed by atoms with van der Waals surface area (Å²) in [6.07, 6.45) is 2.65. The summed E-state index contributed by atoms with van der Waals surface area (Å²) in [6, 6.07) is 9.55. The molecule has 1 aromatic carbocycles. The quantitative estimate of drug-likeness (QED) is 0.140. The molecule has 14 nitrogen and oxygen atoms in total. The fourth-order valence-corrected chi connectivity index (χ4v) is 5.75. The molecular formula is C31H42N8O6S. The van der Waals surface area contributed by atoms with Crippen molar-refractivity contribution in [1.82, 2.24) is 25.7 Å². The van der Waals surface area contributed by atoms with Crippen molar-refractivity contribution < 1.29 is 29.0 Å². The Bertz CT molecular complexity index is 1410. The number of benzene rings is 1. The molecule has 0 radical (unpaired) electrons. The van der Waals surface area contributed by atoms with Crippen LogP contribution in [0.3, 0.4) is 0 Å². The first-order chi connectivity index (χ1) is 22.2. The number of allylic oxidation sites excluding steroid dienone is 1. The molecule has 5 N–H and O–H groups in total. The smallest absolute Gasteiger partial charge is 0.251 e. The molecule has 2 aromatic rings. The Morgan fingerprint density at radius 3 is 2.48 bits per heavy atom. The number of amides is 2. The van der Waals surface area contributed by atoms with Crippen LogP contribution >= 0.6 is 11.8 Å². The first-order valence-electron chi connectivity index (χ1n) is 15.6. The number of hydrogen-bond acceptors (Lipinski definition) is 13. The molecule has 2 aliphatic heterocycles. The predicted octanol–water partition coefficient (Wildman–Crippen LogP) is 2.09. The van der Waals surface area contributed by atoms with E-state index in [1.807, 2.05) is 50.3 Å². The molecule has 5 rings (SSSR count). The van der Waals surface area contributed by atoms with Gasteiger partial charge in [-0.1, -0.05) is 6.92 Å². The number of aliphatic hydroxyl groups is 1. The molecule has 1 saturated carbocycles. The largest absolute Gasteiger partial charge is 0.371 e. The Hall–Kier alpha value is -3.76. The Morgan fingerprint density at radius 1 is 1.11 bits per heavy atom. The average molecular weight is 655 g/mol. The van der Waals surface area contributed by atoms with E-state index >= 15 is 0 Å². The lowest BCUT2D eigenvalue weighted by Gasteiger charge is -2.37. The zero-order chi connectivity index (χ0) is 32.6. The highest BCUT2D eigenvalue weighted by molar-refractivity contribution is 7.99. The van der Waals surface area contributed by atoms with E-state index in [1.54, 1.807) is 4.90 Å². The van der Waals surface area contributed by atoms with Gasteiger partial charge in [-0.05, 0) is 75.2 Å². The highest BCUT2D eigenvalue weighted by atomic mass is 32.2. The van der Waals surface area contributed by atoms with Crippen LogP contribution in [0.2, 0.25) is 0 Å². The van der Waals surface area contributed by atoms with Gasteiger partial charge in [-0.15, -0.1) is 0 Å². The molecule has 3 heterocycles. The predicted molar refractivity (Wildman–Crippen MR) is 173 cm³/mol. The van der Waals surface area contributed by atoms with Gasteiger partial charge >= 0.3 is 0 Å². The van der Waals surface area contributed by atoms with Gasteiger partial charge in [-0.25, -0.2) is 15.4 Å². The van der Waals surface area contributed by atoms with Crippen molar-refractivity contribution in [3.05, 3.63) is 42.1 Å². The number of piperazine rings is 1. The van der Waals surface area contributed by atoms with Gasteiger partial charge in [0.15, 0.2) is 10.9 Å². The van der Waals surface area contributed by atoms with Crippen LogP contribution in [0.5, 0.6) is 0 Å². The van der Waals surface area contributed by atoms with E-state index in [0.29, 0.717) is 43.6 Å². The molecule has 0 bridgehead atoms. The third-order valence-corrected chi connectivity index (χ3v) is 8.76. The van der Waals surface area contributed by atoms with Crippen LogP contribution in [0.1, 0.15) is 40.0 Å². The van der Waals surface area contributed by atoms with E-state index < -0.39 is 19.0 Å². The van der Waals surface area contributed by atoms with E-state index in [9.17, 15) is 14.4 Å². The third-order valence-electron chi connectivity index (χ3n) is 7.88. The first-order valence-corrected chi connectivity index (χ1v) is 16.4. The number of carbonyl (C=O) groups excluding carboxylic acids is 3. The molecule has 2 amide bonds. The Morgan fingerprint density at radius 2 is 1.85 bits per heavy atom. The number of nitrogens with one attached hydrogen (secondary N) is 4. The van der Waals surface area contributed by atoms with Gasteiger partial charge < -0.3 is 40.4 Å². The summed E-state index contributed by atoms with van der Waals surface area (Å²) in [7, 11) is 0. The van der Waals surface area contributed by atoms with Gasteiger partial charge in [-0.2, -0.15) is 0 Å². The fourth-order valence-electron chi connectivity index (χ4n) is 4.99. The number of Topliss-reactive ketones (excluding diaryl/α,β-unsaturated/α-hetero) is 1. The van der Waals surface area contributed by atoms with Crippen molar-refractivity contribution in [2.75, 3.05) is 55.1 Å². The van der Waals surface area contributed by atoms with Gasteiger partial charge in [-0.3, -0.25) is 14.4 Å². The van der Waals surface area contributed by atoms with Crippen molar-refractivity contribution in [3.8, 4) is 0 Å².